The van der Waals surface area contributed by atoms with Gasteiger partial charge in [-0.05, 0) is 42.4 Å². The van der Waals surface area contributed by atoms with E-state index >= 15 is 0 Å². The van der Waals surface area contributed by atoms with Crippen molar-refractivity contribution in [3.8, 4) is 0 Å². The van der Waals surface area contributed by atoms with E-state index in [1.165, 1.54) is 11.8 Å². The summed E-state index contributed by atoms with van der Waals surface area (Å²) in [5.41, 5.74) is 4.07. The first-order valence-corrected chi connectivity index (χ1v) is 11.1. The first kappa shape index (κ1) is 25.8. The molecular weight excluding hydrogens is 390 g/mol. The van der Waals surface area contributed by atoms with Crippen LogP contribution < -0.4 is 5.32 Å². The Morgan fingerprint density at radius 2 is 2.03 bits per heavy atom. The van der Waals surface area contributed by atoms with Gasteiger partial charge in [0, 0.05) is 48.4 Å². The van der Waals surface area contributed by atoms with Gasteiger partial charge in [0.25, 0.3) is 0 Å². The molecule has 0 spiro atoms. The van der Waals surface area contributed by atoms with Gasteiger partial charge in [0.05, 0.1) is 5.70 Å². The summed E-state index contributed by atoms with van der Waals surface area (Å²) in [4.78, 5) is 2.13. The Morgan fingerprint density at radius 1 is 1.30 bits per heavy atom. The smallest absolute Gasteiger partial charge is 0.0541 e. The number of allylic oxidation sites excluding steroid dienone is 4. The zero-order chi connectivity index (χ0) is 22.6. The predicted molar refractivity (Wildman–Crippen MR) is 134 cm³/mol. The Balaban J connectivity index is 3.03. The summed E-state index contributed by atoms with van der Waals surface area (Å²) < 4.78 is 0. The highest BCUT2D eigenvalue weighted by atomic mass is 35.5. The molecule has 3 nitrogen and oxygen atoms in total. The third-order valence-corrected chi connectivity index (χ3v) is 5.60. The van der Waals surface area contributed by atoms with Crippen molar-refractivity contribution in [1.29, 1.82) is 5.41 Å². The molecule has 164 valence electrons. The number of nitrogens with zero attached hydrogens (tertiary/aromatic N) is 1. The van der Waals surface area contributed by atoms with Crippen LogP contribution in [0, 0.1) is 10.8 Å². The van der Waals surface area contributed by atoms with Gasteiger partial charge in [0.15, 0.2) is 0 Å². The molecule has 0 fully saturated rings. The molecule has 0 saturated carbocycles. The molecule has 0 aromatic heterocycles. The molecule has 0 atom stereocenters. The number of aryl methyl sites for hydroxylation is 1. The minimum absolute atomic E-state index is 0.335. The molecule has 2 N–H and O–H groups in total. The van der Waals surface area contributed by atoms with Crippen LogP contribution in [0.1, 0.15) is 58.1 Å². The predicted octanol–water partition coefficient (Wildman–Crippen LogP) is 7.21. The summed E-state index contributed by atoms with van der Waals surface area (Å²) >= 11 is 6.59. The fraction of sp³-hybridized carbons (Fsp3) is 0.423. The lowest BCUT2D eigenvalue weighted by molar-refractivity contribution is 0.322. The number of hydrogen-bond donors (Lipinski definition) is 2. The Hall–Kier alpha value is -2.26. The Bertz CT molecular complexity index is 787. The molecule has 0 aliphatic carbocycles. The van der Waals surface area contributed by atoms with Crippen molar-refractivity contribution < 1.29 is 0 Å². The lowest BCUT2D eigenvalue weighted by atomic mass is 9.84. The first-order valence-electron chi connectivity index (χ1n) is 10.7. The average Bonchev–Trinajstić information content (AvgIpc) is 2.72. The van der Waals surface area contributed by atoms with E-state index in [0.29, 0.717) is 10.4 Å². The van der Waals surface area contributed by atoms with Gasteiger partial charge in [-0.25, -0.2) is 0 Å². The fourth-order valence-electron chi connectivity index (χ4n) is 2.92. The Kier molecular flexibility index (Phi) is 11.3. The monoisotopic (exact) mass is 427 g/mol. The van der Waals surface area contributed by atoms with Crippen LogP contribution in [-0.4, -0.2) is 24.7 Å². The maximum Gasteiger partial charge on any atom is 0.0541 e. The van der Waals surface area contributed by atoms with Crippen LogP contribution in [0.15, 0.2) is 61.1 Å². The highest BCUT2D eigenvalue weighted by Crippen LogP contribution is 2.29. The maximum absolute atomic E-state index is 7.87. The van der Waals surface area contributed by atoms with E-state index in [-0.39, 0.29) is 0 Å². The van der Waals surface area contributed by atoms with Gasteiger partial charge in [0.1, 0.15) is 0 Å². The molecule has 0 aliphatic heterocycles. The first-order chi connectivity index (χ1) is 14.3. The third-order valence-electron chi connectivity index (χ3n) is 5.29. The zero-order valence-corrected chi connectivity index (χ0v) is 20.0. The van der Waals surface area contributed by atoms with Crippen molar-refractivity contribution in [2.24, 2.45) is 5.41 Å². The number of halogens is 1. The van der Waals surface area contributed by atoms with Gasteiger partial charge in [-0.15, -0.1) is 0 Å². The van der Waals surface area contributed by atoms with Crippen LogP contribution >= 0.6 is 11.6 Å². The van der Waals surface area contributed by atoms with Crippen molar-refractivity contribution in [2.75, 3.05) is 13.6 Å². The minimum atomic E-state index is 0.335. The standard InChI is InChI=1S/C26H38ClN3/c1-7-10-11-23(20-30(6)16-8-2)29-19-22(18-28)24-13-12-21(17-25(24)27)14-15-26(4,5)9-3/h7,10-13,17-20,28-29H,1,8-9,14-16H2,2-6H3/b11-10-,22-19+,23-20+,28-18?. The van der Waals surface area contributed by atoms with E-state index in [4.69, 9.17) is 17.0 Å². The largest absolute Gasteiger partial charge is 0.379 e. The van der Waals surface area contributed by atoms with E-state index in [0.717, 1.165) is 49.1 Å². The molecule has 0 heterocycles. The van der Waals surface area contributed by atoms with Crippen LogP contribution in [0.2, 0.25) is 5.02 Å². The van der Waals surface area contributed by atoms with Crippen LogP contribution in [0.25, 0.3) is 5.57 Å². The summed E-state index contributed by atoms with van der Waals surface area (Å²) in [5, 5.41) is 11.8. The van der Waals surface area contributed by atoms with Crippen molar-refractivity contribution in [3.05, 3.63) is 77.3 Å². The average molecular weight is 428 g/mol. The van der Waals surface area contributed by atoms with Crippen LogP contribution in [0.3, 0.4) is 0 Å². The van der Waals surface area contributed by atoms with Crippen molar-refractivity contribution in [3.63, 3.8) is 0 Å². The Morgan fingerprint density at radius 3 is 2.60 bits per heavy atom. The topological polar surface area (TPSA) is 39.1 Å². The molecule has 4 heteroatoms. The maximum atomic E-state index is 7.87. The van der Waals surface area contributed by atoms with E-state index in [9.17, 15) is 0 Å². The number of rotatable bonds is 13. The highest BCUT2D eigenvalue weighted by Gasteiger charge is 2.15. The summed E-state index contributed by atoms with van der Waals surface area (Å²) in [7, 11) is 2.05. The second kappa shape index (κ2) is 13.1. The lowest BCUT2D eigenvalue weighted by Gasteiger charge is -2.22. The van der Waals surface area contributed by atoms with Crippen molar-refractivity contribution in [2.45, 2.75) is 53.4 Å². The SMILES string of the molecule is C=C/C=C\C(=C/N(C)CCC)N/C=C(\C=N)c1ccc(CCC(C)(C)CC)cc1Cl. The number of hydrogen-bond acceptors (Lipinski definition) is 3. The molecule has 1 aromatic rings. The van der Waals surface area contributed by atoms with Gasteiger partial charge in [-0.1, -0.05) is 76.6 Å². The molecular formula is C26H38ClN3. The fourth-order valence-corrected chi connectivity index (χ4v) is 3.23. The summed E-state index contributed by atoms with van der Waals surface area (Å²) in [6.45, 7) is 13.7. The highest BCUT2D eigenvalue weighted by molar-refractivity contribution is 6.33. The molecule has 1 rings (SSSR count). The van der Waals surface area contributed by atoms with E-state index in [1.54, 1.807) is 6.08 Å². The van der Waals surface area contributed by atoms with Crippen LogP contribution in [0.4, 0.5) is 0 Å². The molecule has 0 radical (unpaired) electrons. The van der Waals surface area contributed by atoms with Crippen LogP contribution in [-0.2, 0) is 6.42 Å². The zero-order valence-electron chi connectivity index (χ0n) is 19.3. The van der Waals surface area contributed by atoms with Gasteiger partial charge in [-0.2, -0.15) is 0 Å². The van der Waals surface area contributed by atoms with E-state index in [2.05, 4.69) is 50.6 Å². The molecule has 0 unspecified atom stereocenters. The Labute approximate surface area is 188 Å². The second-order valence-electron chi connectivity index (χ2n) is 8.38. The minimum Gasteiger partial charge on any atom is -0.379 e. The number of benzene rings is 1. The van der Waals surface area contributed by atoms with E-state index in [1.807, 2.05) is 43.7 Å². The normalized spacial score (nSPS) is 12.9. The van der Waals surface area contributed by atoms with Gasteiger partial charge in [0.2, 0.25) is 0 Å². The van der Waals surface area contributed by atoms with Gasteiger partial charge >= 0.3 is 0 Å². The number of nitrogens with one attached hydrogen (secondary N) is 2. The third kappa shape index (κ3) is 9.04. The molecule has 0 saturated heterocycles. The van der Waals surface area contributed by atoms with Crippen molar-refractivity contribution in [1.82, 2.24) is 10.2 Å². The molecule has 30 heavy (non-hydrogen) atoms. The van der Waals surface area contributed by atoms with E-state index < -0.39 is 0 Å². The second-order valence-corrected chi connectivity index (χ2v) is 8.79. The molecule has 0 amide bonds. The lowest BCUT2D eigenvalue weighted by Crippen LogP contribution is -2.15. The van der Waals surface area contributed by atoms with Gasteiger partial charge in [-0.3, -0.25) is 0 Å². The summed E-state index contributed by atoms with van der Waals surface area (Å²) in [5.74, 6) is 0. The van der Waals surface area contributed by atoms with Crippen molar-refractivity contribution >= 4 is 23.4 Å². The van der Waals surface area contributed by atoms with Gasteiger partial charge < -0.3 is 15.6 Å². The molecule has 0 aliphatic rings. The summed E-state index contributed by atoms with van der Waals surface area (Å²) in [6.07, 6.45) is 15.2. The molecule has 1 aromatic carbocycles. The quantitative estimate of drug-likeness (QED) is 0.257. The molecule has 0 bridgehead atoms. The van der Waals surface area contributed by atoms with Crippen LogP contribution in [0.5, 0.6) is 0 Å². The summed E-state index contributed by atoms with van der Waals surface area (Å²) in [6, 6.07) is 6.17.